The first-order valence-corrected chi connectivity index (χ1v) is 11.4. The van der Waals surface area contributed by atoms with E-state index in [1.165, 1.54) is 11.3 Å². The Morgan fingerprint density at radius 1 is 1.00 bits per heavy atom. The van der Waals surface area contributed by atoms with Gasteiger partial charge in [0.2, 0.25) is 0 Å². The molecule has 0 unspecified atom stereocenters. The van der Waals surface area contributed by atoms with Crippen LogP contribution in [-0.2, 0) is 16.4 Å². The summed E-state index contributed by atoms with van der Waals surface area (Å²) in [6.45, 7) is 5.99. The van der Waals surface area contributed by atoms with Crippen molar-refractivity contribution in [1.29, 1.82) is 0 Å². The smallest absolute Gasteiger partial charge is 0.252 e. The van der Waals surface area contributed by atoms with E-state index in [4.69, 9.17) is 0 Å². The Balaban J connectivity index is 1.42. The van der Waals surface area contributed by atoms with Gasteiger partial charge in [-0.15, -0.1) is 21.5 Å². The third kappa shape index (κ3) is 3.67. The average molecular weight is 419 g/mol. The van der Waals surface area contributed by atoms with Crippen LogP contribution in [0.1, 0.15) is 17.5 Å². The summed E-state index contributed by atoms with van der Waals surface area (Å²) in [6, 6.07) is 9.29. The number of aromatic nitrogens is 4. The molecule has 4 rings (SSSR count). The van der Waals surface area contributed by atoms with Crippen LogP contribution < -0.4 is 4.90 Å². The van der Waals surface area contributed by atoms with Gasteiger partial charge in [-0.2, -0.15) is 9.40 Å². The van der Waals surface area contributed by atoms with E-state index in [-0.39, 0.29) is 0 Å². The zero-order valence-corrected chi connectivity index (χ0v) is 17.4. The highest BCUT2D eigenvalue weighted by molar-refractivity contribution is 7.91. The molecule has 0 radical (unpaired) electrons. The average Bonchev–Trinajstić information content (AvgIpc) is 3.38. The van der Waals surface area contributed by atoms with Gasteiger partial charge in [-0.1, -0.05) is 6.92 Å². The maximum absolute atomic E-state index is 12.8. The fourth-order valence-corrected chi connectivity index (χ4v) is 6.00. The Morgan fingerprint density at radius 3 is 2.29 bits per heavy atom. The summed E-state index contributed by atoms with van der Waals surface area (Å²) < 4.78 is 29.4. The lowest BCUT2D eigenvalue weighted by Gasteiger charge is -2.34. The van der Waals surface area contributed by atoms with E-state index in [9.17, 15) is 8.42 Å². The largest absolute Gasteiger partial charge is 0.352 e. The summed E-state index contributed by atoms with van der Waals surface area (Å²) in [5.41, 5.74) is 0.917. The van der Waals surface area contributed by atoms with Crippen molar-refractivity contribution >= 4 is 27.2 Å². The van der Waals surface area contributed by atoms with Crippen molar-refractivity contribution < 1.29 is 8.42 Å². The molecule has 0 saturated carbocycles. The van der Waals surface area contributed by atoms with Gasteiger partial charge in [-0.05, 0) is 43.7 Å². The molecular formula is C18H22N6O2S2. The summed E-state index contributed by atoms with van der Waals surface area (Å²) in [5, 5.41) is 12.9. The molecule has 8 nitrogen and oxygen atoms in total. The maximum Gasteiger partial charge on any atom is 0.252 e. The highest BCUT2D eigenvalue weighted by Gasteiger charge is 2.30. The van der Waals surface area contributed by atoms with E-state index in [1.54, 1.807) is 15.1 Å². The molecule has 1 aliphatic heterocycles. The Morgan fingerprint density at radius 2 is 1.71 bits per heavy atom. The topological polar surface area (TPSA) is 84.2 Å². The van der Waals surface area contributed by atoms with Crippen molar-refractivity contribution in [3.8, 4) is 5.82 Å². The van der Waals surface area contributed by atoms with Gasteiger partial charge in [0.1, 0.15) is 4.21 Å². The van der Waals surface area contributed by atoms with Crippen molar-refractivity contribution in [2.45, 2.75) is 24.5 Å². The number of sulfonamides is 1. The first kappa shape index (κ1) is 19.0. The zero-order valence-electron chi connectivity index (χ0n) is 15.8. The van der Waals surface area contributed by atoms with E-state index in [0.717, 1.165) is 22.8 Å². The van der Waals surface area contributed by atoms with Crippen LogP contribution in [0.25, 0.3) is 5.82 Å². The van der Waals surface area contributed by atoms with E-state index >= 15 is 0 Å². The normalized spacial score (nSPS) is 15.9. The Bertz CT molecular complexity index is 1050. The predicted octanol–water partition coefficient (Wildman–Crippen LogP) is 2.11. The second kappa shape index (κ2) is 7.61. The van der Waals surface area contributed by atoms with E-state index in [2.05, 4.69) is 20.2 Å². The molecule has 0 N–H and O–H groups in total. The Labute approximate surface area is 168 Å². The summed E-state index contributed by atoms with van der Waals surface area (Å²) in [6.07, 6.45) is 2.69. The monoisotopic (exact) mass is 418 g/mol. The minimum absolute atomic E-state index is 0.427. The minimum atomic E-state index is -3.42. The standard InChI is InChI=1S/C18H22N6O2S2/c1-3-15-4-7-18(27-15)28(25,26)23-12-10-22(11-13-23)16-5-6-17(20-19-16)24-9-8-14(2)21-24/h4-9H,3,10-13H2,1-2H3. The molecule has 0 amide bonds. The van der Waals surface area contributed by atoms with E-state index < -0.39 is 10.0 Å². The van der Waals surface area contributed by atoms with Gasteiger partial charge in [0.15, 0.2) is 11.6 Å². The highest BCUT2D eigenvalue weighted by atomic mass is 32.2. The van der Waals surface area contributed by atoms with Gasteiger partial charge >= 0.3 is 0 Å². The Hall–Kier alpha value is -2.30. The third-order valence-corrected chi connectivity index (χ3v) is 8.33. The Kier molecular flexibility index (Phi) is 5.17. The molecule has 0 aromatic carbocycles. The molecule has 3 aromatic rings. The van der Waals surface area contributed by atoms with Crippen LogP contribution in [0, 0.1) is 6.92 Å². The number of nitrogens with zero attached hydrogens (tertiary/aromatic N) is 6. The lowest BCUT2D eigenvalue weighted by Crippen LogP contribution is -2.48. The van der Waals surface area contributed by atoms with Crippen molar-refractivity contribution in [3.63, 3.8) is 0 Å². The van der Waals surface area contributed by atoms with Crippen LogP contribution >= 0.6 is 11.3 Å². The molecule has 28 heavy (non-hydrogen) atoms. The van der Waals surface area contributed by atoms with Gasteiger partial charge < -0.3 is 4.90 Å². The number of hydrogen-bond acceptors (Lipinski definition) is 7. The van der Waals surface area contributed by atoms with E-state index in [0.29, 0.717) is 36.2 Å². The molecule has 148 valence electrons. The molecule has 1 saturated heterocycles. The van der Waals surface area contributed by atoms with E-state index in [1.807, 2.05) is 44.3 Å². The van der Waals surface area contributed by atoms with Gasteiger partial charge in [-0.25, -0.2) is 13.1 Å². The first-order valence-electron chi connectivity index (χ1n) is 9.17. The summed E-state index contributed by atoms with van der Waals surface area (Å²) in [4.78, 5) is 3.14. The van der Waals surface area contributed by atoms with Crippen LogP contribution in [0.5, 0.6) is 0 Å². The number of rotatable bonds is 5. The van der Waals surface area contributed by atoms with Crippen LogP contribution in [0.2, 0.25) is 0 Å². The fraction of sp³-hybridized carbons (Fsp3) is 0.389. The molecule has 0 aliphatic carbocycles. The molecule has 0 atom stereocenters. The number of thiophene rings is 1. The van der Waals surface area contributed by atoms with Gasteiger partial charge in [0, 0.05) is 37.3 Å². The lowest BCUT2D eigenvalue weighted by atomic mass is 10.3. The van der Waals surface area contributed by atoms with Gasteiger partial charge in [0.05, 0.1) is 5.69 Å². The van der Waals surface area contributed by atoms with Crippen LogP contribution in [0.4, 0.5) is 5.82 Å². The summed E-state index contributed by atoms with van der Waals surface area (Å²) >= 11 is 1.36. The molecule has 4 heterocycles. The number of anilines is 1. The lowest BCUT2D eigenvalue weighted by molar-refractivity contribution is 0.384. The van der Waals surface area contributed by atoms with Crippen LogP contribution in [0.3, 0.4) is 0 Å². The summed E-state index contributed by atoms with van der Waals surface area (Å²) in [5.74, 6) is 1.40. The van der Waals surface area contributed by atoms with Crippen LogP contribution in [-0.4, -0.2) is 58.9 Å². The predicted molar refractivity (Wildman–Crippen MR) is 109 cm³/mol. The molecule has 3 aromatic heterocycles. The molecule has 0 bridgehead atoms. The zero-order chi connectivity index (χ0) is 19.7. The van der Waals surface area contributed by atoms with Gasteiger partial charge in [-0.3, -0.25) is 0 Å². The quantitative estimate of drug-likeness (QED) is 0.631. The molecular weight excluding hydrogens is 396 g/mol. The van der Waals surface area contributed by atoms with Crippen molar-refractivity contribution in [1.82, 2.24) is 24.3 Å². The first-order chi connectivity index (χ1) is 13.5. The van der Waals surface area contributed by atoms with Gasteiger partial charge in [0.25, 0.3) is 10.0 Å². The second-order valence-corrected chi connectivity index (χ2v) is 9.95. The molecule has 0 spiro atoms. The SMILES string of the molecule is CCc1ccc(S(=O)(=O)N2CCN(c3ccc(-n4ccc(C)n4)nn3)CC2)s1. The highest BCUT2D eigenvalue weighted by Crippen LogP contribution is 2.26. The van der Waals surface area contributed by atoms with Crippen LogP contribution in [0.15, 0.2) is 40.7 Å². The minimum Gasteiger partial charge on any atom is -0.352 e. The molecule has 1 aliphatic rings. The third-order valence-electron chi connectivity index (χ3n) is 4.74. The number of hydrogen-bond donors (Lipinski definition) is 0. The van der Waals surface area contributed by atoms with Crippen molar-refractivity contribution in [3.05, 3.63) is 47.1 Å². The summed E-state index contributed by atoms with van der Waals surface area (Å²) in [7, 11) is -3.42. The second-order valence-electron chi connectivity index (χ2n) is 6.62. The number of aryl methyl sites for hydroxylation is 2. The molecule has 1 fully saturated rings. The van der Waals surface area contributed by atoms with Crippen molar-refractivity contribution in [2.24, 2.45) is 0 Å². The number of piperazine rings is 1. The fourth-order valence-electron chi connectivity index (χ4n) is 3.12. The molecule has 10 heteroatoms. The van der Waals surface area contributed by atoms with Crippen molar-refractivity contribution in [2.75, 3.05) is 31.1 Å². The maximum atomic E-state index is 12.8.